The standard InChI is InChI=1S/C26H31N7O2/c27-20-2-1-9-33(17-20)21-5-3-18(4-6-21)22-16-30-26(28)25(31-22)24(34)14-19-15-29-8-7-23(19)32-10-12-35-13-11-32/h3-8,15-16,20H,1-2,9-14,17,27H2,(H2,28,30)/t20-/m1/s1. The first-order valence-electron chi connectivity index (χ1n) is 12.1. The highest BCUT2D eigenvalue weighted by atomic mass is 16.5. The second kappa shape index (κ2) is 10.4. The lowest BCUT2D eigenvalue weighted by Gasteiger charge is -2.32. The summed E-state index contributed by atoms with van der Waals surface area (Å²) in [5, 5.41) is 0. The van der Waals surface area contributed by atoms with Gasteiger partial charge in [-0.3, -0.25) is 9.78 Å². The van der Waals surface area contributed by atoms with E-state index in [-0.39, 0.29) is 29.8 Å². The lowest BCUT2D eigenvalue weighted by Crippen LogP contribution is -2.42. The van der Waals surface area contributed by atoms with E-state index in [2.05, 4.69) is 36.9 Å². The number of nitrogen functional groups attached to an aromatic ring is 1. The fraction of sp³-hybridized carbons (Fsp3) is 0.385. The number of Topliss-reactive ketones (excluding diaryl/α,β-unsaturated/α-hetero) is 1. The molecule has 5 rings (SSSR count). The first-order valence-corrected chi connectivity index (χ1v) is 12.1. The van der Waals surface area contributed by atoms with Gasteiger partial charge < -0.3 is 26.0 Å². The van der Waals surface area contributed by atoms with Crippen LogP contribution in [0.15, 0.2) is 48.9 Å². The number of morpholine rings is 1. The van der Waals surface area contributed by atoms with E-state index in [0.717, 1.165) is 61.5 Å². The van der Waals surface area contributed by atoms with E-state index in [1.54, 1.807) is 18.6 Å². The molecule has 35 heavy (non-hydrogen) atoms. The van der Waals surface area contributed by atoms with Crippen molar-refractivity contribution in [3.8, 4) is 11.3 Å². The van der Waals surface area contributed by atoms with Crippen molar-refractivity contribution >= 4 is 23.0 Å². The van der Waals surface area contributed by atoms with Crippen molar-refractivity contribution in [1.82, 2.24) is 15.0 Å². The van der Waals surface area contributed by atoms with Gasteiger partial charge in [0.2, 0.25) is 0 Å². The average Bonchev–Trinajstić information content (AvgIpc) is 2.90. The van der Waals surface area contributed by atoms with Crippen molar-refractivity contribution in [3.63, 3.8) is 0 Å². The molecule has 4 heterocycles. The van der Waals surface area contributed by atoms with E-state index in [0.29, 0.717) is 18.9 Å². The Morgan fingerprint density at radius 2 is 1.86 bits per heavy atom. The minimum atomic E-state index is -0.182. The fourth-order valence-corrected chi connectivity index (χ4v) is 4.76. The summed E-state index contributed by atoms with van der Waals surface area (Å²) in [7, 11) is 0. The molecule has 1 atom stereocenters. The van der Waals surface area contributed by atoms with Crippen molar-refractivity contribution in [2.45, 2.75) is 25.3 Å². The summed E-state index contributed by atoms with van der Waals surface area (Å²) in [6, 6.07) is 10.3. The van der Waals surface area contributed by atoms with Crippen molar-refractivity contribution < 1.29 is 9.53 Å². The quantitative estimate of drug-likeness (QED) is 0.519. The third-order valence-corrected chi connectivity index (χ3v) is 6.63. The van der Waals surface area contributed by atoms with Gasteiger partial charge in [-0.05, 0) is 31.0 Å². The van der Waals surface area contributed by atoms with Gasteiger partial charge in [0, 0.05) is 73.5 Å². The zero-order chi connectivity index (χ0) is 24.2. The minimum absolute atomic E-state index is 0.134. The van der Waals surface area contributed by atoms with Gasteiger partial charge in [-0.15, -0.1) is 0 Å². The fourth-order valence-electron chi connectivity index (χ4n) is 4.76. The Morgan fingerprint density at radius 1 is 1.06 bits per heavy atom. The van der Waals surface area contributed by atoms with Gasteiger partial charge in [0.25, 0.3) is 0 Å². The number of nitrogens with two attached hydrogens (primary N) is 2. The molecule has 0 radical (unpaired) electrons. The Labute approximate surface area is 205 Å². The Bertz CT molecular complexity index is 1180. The Kier molecular flexibility index (Phi) is 6.87. The van der Waals surface area contributed by atoms with Crippen LogP contribution in [0.3, 0.4) is 0 Å². The van der Waals surface area contributed by atoms with Gasteiger partial charge in [0.05, 0.1) is 25.1 Å². The number of carbonyl (C=O) groups excluding carboxylic acids is 1. The summed E-state index contributed by atoms with van der Waals surface area (Å²) in [5.41, 5.74) is 16.9. The van der Waals surface area contributed by atoms with Crippen molar-refractivity contribution in [3.05, 3.63) is 60.2 Å². The summed E-state index contributed by atoms with van der Waals surface area (Å²) in [5.74, 6) is -0.0484. The largest absolute Gasteiger partial charge is 0.382 e. The molecule has 0 aliphatic carbocycles. The molecule has 4 N–H and O–H groups in total. The van der Waals surface area contributed by atoms with E-state index in [1.807, 2.05) is 18.2 Å². The maximum absolute atomic E-state index is 13.3. The summed E-state index contributed by atoms with van der Waals surface area (Å²) < 4.78 is 5.46. The van der Waals surface area contributed by atoms with Crippen LogP contribution in [0.4, 0.5) is 17.2 Å². The van der Waals surface area contributed by atoms with Crippen molar-refractivity contribution in [1.29, 1.82) is 0 Å². The van der Waals surface area contributed by atoms with Gasteiger partial charge in [0.1, 0.15) is 5.69 Å². The zero-order valence-corrected chi connectivity index (χ0v) is 19.8. The van der Waals surface area contributed by atoms with Crippen LogP contribution in [-0.2, 0) is 11.2 Å². The molecule has 182 valence electrons. The van der Waals surface area contributed by atoms with Crippen LogP contribution in [0.2, 0.25) is 0 Å². The molecule has 2 saturated heterocycles. The second-order valence-electron chi connectivity index (χ2n) is 9.09. The normalized spacial score (nSPS) is 18.5. The number of rotatable bonds is 6. The summed E-state index contributed by atoms with van der Waals surface area (Å²) in [6.07, 6.45) is 7.41. The highest BCUT2D eigenvalue weighted by Crippen LogP contribution is 2.26. The molecule has 0 saturated carbocycles. The number of ketones is 1. The van der Waals surface area contributed by atoms with Gasteiger partial charge in [-0.25, -0.2) is 9.97 Å². The van der Waals surface area contributed by atoms with Crippen LogP contribution >= 0.6 is 0 Å². The van der Waals surface area contributed by atoms with E-state index >= 15 is 0 Å². The maximum Gasteiger partial charge on any atom is 0.189 e. The number of hydrogen-bond donors (Lipinski definition) is 2. The average molecular weight is 474 g/mol. The Morgan fingerprint density at radius 3 is 2.63 bits per heavy atom. The van der Waals surface area contributed by atoms with Crippen molar-refractivity contribution in [2.24, 2.45) is 5.73 Å². The first kappa shape index (κ1) is 23.2. The predicted molar refractivity (Wildman–Crippen MR) is 137 cm³/mol. The molecule has 9 heteroatoms. The number of hydrogen-bond acceptors (Lipinski definition) is 9. The molecule has 2 aromatic heterocycles. The summed E-state index contributed by atoms with van der Waals surface area (Å²) >= 11 is 0. The molecule has 2 aliphatic rings. The highest BCUT2D eigenvalue weighted by Gasteiger charge is 2.21. The maximum atomic E-state index is 13.3. The van der Waals surface area contributed by atoms with E-state index in [1.165, 1.54) is 0 Å². The van der Waals surface area contributed by atoms with Crippen LogP contribution in [-0.4, -0.2) is 66.2 Å². The number of aromatic nitrogens is 3. The minimum Gasteiger partial charge on any atom is -0.382 e. The van der Waals surface area contributed by atoms with Crippen LogP contribution < -0.4 is 21.3 Å². The third kappa shape index (κ3) is 5.26. The van der Waals surface area contributed by atoms with Crippen molar-refractivity contribution in [2.75, 3.05) is 54.9 Å². The van der Waals surface area contributed by atoms with Gasteiger partial charge in [-0.2, -0.15) is 0 Å². The first-order chi connectivity index (χ1) is 17.1. The van der Waals surface area contributed by atoms with Gasteiger partial charge in [-0.1, -0.05) is 12.1 Å². The smallest absolute Gasteiger partial charge is 0.189 e. The number of anilines is 3. The number of pyridine rings is 1. The third-order valence-electron chi connectivity index (χ3n) is 6.63. The lowest BCUT2D eigenvalue weighted by atomic mass is 10.0. The van der Waals surface area contributed by atoms with Crippen LogP contribution in [0.25, 0.3) is 11.3 Å². The second-order valence-corrected chi connectivity index (χ2v) is 9.09. The van der Waals surface area contributed by atoms with Crippen LogP contribution in [0.1, 0.15) is 28.9 Å². The Balaban J connectivity index is 1.35. The molecule has 0 unspecified atom stereocenters. The molecule has 0 bridgehead atoms. The van der Waals surface area contributed by atoms with Gasteiger partial charge in [0.15, 0.2) is 11.6 Å². The molecule has 1 aromatic carbocycles. The number of carbonyl (C=O) groups is 1. The Hall–Kier alpha value is -3.56. The predicted octanol–water partition coefficient (Wildman–Crippen LogP) is 2.31. The monoisotopic (exact) mass is 473 g/mol. The van der Waals surface area contributed by atoms with E-state index < -0.39 is 0 Å². The van der Waals surface area contributed by atoms with Crippen LogP contribution in [0, 0.1) is 0 Å². The molecule has 3 aromatic rings. The number of nitrogens with zero attached hydrogens (tertiary/aromatic N) is 5. The number of piperidine rings is 1. The molecule has 0 amide bonds. The molecule has 0 spiro atoms. The van der Waals surface area contributed by atoms with E-state index in [9.17, 15) is 4.79 Å². The molecule has 9 nitrogen and oxygen atoms in total. The number of benzene rings is 1. The topological polar surface area (TPSA) is 123 Å². The molecular formula is C26H31N7O2. The summed E-state index contributed by atoms with van der Waals surface area (Å²) in [6.45, 7) is 4.76. The molecule has 2 fully saturated rings. The SMILES string of the molecule is Nc1ncc(-c2ccc(N3CCC[C@@H](N)C3)cc2)nc1C(=O)Cc1cnccc1N1CCOCC1. The highest BCUT2D eigenvalue weighted by molar-refractivity contribution is 6.00. The molecular weight excluding hydrogens is 442 g/mol. The molecule has 2 aliphatic heterocycles. The van der Waals surface area contributed by atoms with Crippen LogP contribution in [0.5, 0.6) is 0 Å². The lowest BCUT2D eigenvalue weighted by molar-refractivity contribution is 0.0988. The number of ether oxygens (including phenoxy) is 1. The zero-order valence-electron chi connectivity index (χ0n) is 19.8. The summed E-state index contributed by atoms with van der Waals surface area (Å²) in [4.78, 5) is 30.9. The van der Waals surface area contributed by atoms with E-state index in [4.69, 9.17) is 16.2 Å². The van der Waals surface area contributed by atoms with Gasteiger partial charge >= 0.3 is 0 Å².